The van der Waals surface area contributed by atoms with Crippen LogP contribution in [0.4, 0.5) is 0 Å². The predicted molar refractivity (Wildman–Crippen MR) is 137 cm³/mol. The van der Waals surface area contributed by atoms with E-state index in [2.05, 4.69) is 20.1 Å². The number of piperidine rings is 1. The van der Waals surface area contributed by atoms with Gasteiger partial charge in [-0.25, -0.2) is 8.42 Å². The Morgan fingerprint density at radius 2 is 1.88 bits per heavy atom. The minimum atomic E-state index is -3.41. The lowest BCUT2D eigenvalue weighted by Crippen LogP contribution is -2.46. The maximum Gasteiger partial charge on any atom is 0.243 e. The summed E-state index contributed by atoms with van der Waals surface area (Å²) in [6.07, 6.45) is 4.12. The number of morpholine rings is 1. The molecule has 1 atom stereocenters. The number of hydrogen-bond acceptors (Lipinski definition) is 5. The topological polar surface area (TPSA) is 77.5 Å². The Morgan fingerprint density at radius 1 is 1.12 bits per heavy atom. The molecule has 3 heterocycles. The number of sulfonamides is 1. The van der Waals surface area contributed by atoms with Crippen LogP contribution in [0.15, 0.2) is 34.2 Å². The Kier molecular flexibility index (Phi) is 9.59. The van der Waals surface area contributed by atoms with Crippen molar-refractivity contribution < 1.29 is 13.2 Å². The Balaban J connectivity index is 0.00000289. The van der Waals surface area contributed by atoms with E-state index < -0.39 is 10.0 Å². The zero-order chi connectivity index (χ0) is 21.7. The SMILES string of the molecule is CN=C(NCc1cccc(S(=O)(=O)N2CCCCC2)c1)N1CCC(N2CCOCC2)C1.I. The summed E-state index contributed by atoms with van der Waals surface area (Å²) in [5, 5.41) is 3.43. The van der Waals surface area contributed by atoms with Crippen LogP contribution in [0.5, 0.6) is 0 Å². The molecule has 0 aliphatic carbocycles. The quantitative estimate of drug-likeness (QED) is 0.328. The largest absolute Gasteiger partial charge is 0.379 e. The van der Waals surface area contributed by atoms with Crippen molar-refractivity contribution in [2.45, 2.75) is 43.2 Å². The van der Waals surface area contributed by atoms with Crippen LogP contribution in [-0.4, -0.2) is 94.1 Å². The van der Waals surface area contributed by atoms with Crippen molar-refractivity contribution in [3.8, 4) is 0 Å². The molecule has 3 fully saturated rings. The third-order valence-corrected chi connectivity index (χ3v) is 8.43. The molecule has 0 aromatic heterocycles. The van der Waals surface area contributed by atoms with Gasteiger partial charge in [-0.3, -0.25) is 9.89 Å². The molecule has 180 valence electrons. The van der Waals surface area contributed by atoms with E-state index in [0.717, 1.165) is 76.6 Å². The van der Waals surface area contributed by atoms with Gasteiger partial charge in [0.1, 0.15) is 0 Å². The Bertz CT molecular complexity index is 870. The lowest BCUT2D eigenvalue weighted by atomic mass is 10.2. The maximum absolute atomic E-state index is 13.0. The van der Waals surface area contributed by atoms with E-state index in [9.17, 15) is 8.42 Å². The highest BCUT2D eigenvalue weighted by molar-refractivity contribution is 14.0. The van der Waals surface area contributed by atoms with Crippen LogP contribution < -0.4 is 5.32 Å². The molecule has 0 amide bonds. The van der Waals surface area contributed by atoms with Crippen LogP contribution in [0.1, 0.15) is 31.2 Å². The van der Waals surface area contributed by atoms with E-state index in [1.807, 2.05) is 19.2 Å². The van der Waals surface area contributed by atoms with Crippen molar-refractivity contribution in [2.24, 2.45) is 4.99 Å². The molecule has 1 aromatic rings. The van der Waals surface area contributed by atoms with Crippen molar-refractivity contribution in [3.63, 3.8) is 0 Å². The molecule has 1 aromatic carbocycles. The number of benzene rings is 1. The lowest BCUT2D eigenvalue weighted by Gasteiger charge is -2.32. The number of guanidine groups is 1. The first-order valence-electron chi connectivity index (χ1n) is 11.4. The van der Waals surface area contributed by atoms with Gasteiger partial charge in [-0.2, -0.15) is 4.31 Å². The fourth-order valence-electron chi connectivity index (χ4n) is 4.76. The van der Waals surface area contributed by atoms with Crippen molar-refractivity contribution in [3.05, 3.63) is 29.8 Å². The van der Waals surface area contributed by atoms with E-state index in [1.54, 1.807) is 16.4 Å². The summed E-state index contributed by atoms with van der Waals surface area (Å²) in [6, 6.07) is 7.85. The fourth-order valence-corrected chi connectivity index (χ4v) is 6.35. The molecule has 1 unspecified atom stereocenters. The number of halogens is 1. The summed E-state index contributed by atoms with van der Waals surface area (Å²) < 4.78 is 33.1. The molecule has 1 N–H and O–H groups in total. The first kappa shape index (κ1) is 25.7. The van der Waals surface area contributed by atoms with E-state index in [1.165, 1.54) is 0 Å². The van der Waals surface area contributed by atoms with Gasteiger partial charge in [0, 0.05) is 58.9 Å². The predicted octanol–water partition coefficient (Wildman–Crippen LogP) is 1.96. The Labute approximate surface area is 209 Å². The highest BCUT2D eigenvalue weighted by Gasteiger charge is 2.30. The van der Waals surface area contributed by atoms with Crippen molar-refractivity contribution in [1.82, 2.24) is 19.4 Å². The summed E-state index contributed by atoms with van der Waals surface area (Å²) in [5.74, 6) is 0.875. The minimum absolute atomic E-state index is 0. The highest BCUT2D eigenvalue weighted by atomic mass is 127. The summed E-state index contributed by atoms with van der Waals surface area (Å²) in [6.45, 7) is 7.38. The molecule has 0 saturated carbocycles. The summed E-state index contributed by atoms with van der Waals surface area (Å²) in [4.78, 5) is 9.68. The van der Waals surface area contributed by atoms with E-state index in [4.69, 9.17) is 4.74 Å². The van der Waals surface area contributed by atoms with Gasteiger partial charge in [0.15, 0.2) is 5.96 Å². The molecule has 3 aliphatic heterocycles. The normalized spacial score (nSPS) is 23.7. The van der Waals surface area contributed by atoms with Gasteiger partial charge in [-0.05, 0) is 37.0 Å². The molecular formula is C22H36IN5O3S. The number of rotatable bonds is 5. The molecule has 3 saturated heterocycles. The molecule has 8 nitrogen and oxygen atoms in total. The lowest BCUT2D eigenvalue weighted by molar-refractivity contribution is 0.0195. The van der Waals surface area contributed by atoms with E-state index in [0.29, 0.717) is 30.6 Å². The second-order valence-electron chi connectivity index (χ2n) is 8.55. The van der Waals surface area contributed by atoms with Crippen LogP contribution in [0.2, 0.25) is 0 Å². The molecule has 0 bridgehead atoms. The van der Waals surface area contributed by atoms with Crippen LogP contribution in [0.25, 0.3) is 0 Å². The third-order valence-electron chi connectivity index (χ3n) is 6.54. The van der Waals surface area contributed by atoms with Gasteiger partial charge >= 0.3 is 0 Å². The van der Waals surface area contributed by atoms with Gasteiger partial charge in [-0.15, -0.1) is 24.0 Å². The molecule has 10 heteroatoms. The number of nitrogens with one attached hydrogen (secondary N) is 1. The zero-order valence-corrected chi connectivity index (χ0v) is 22.1. The average molecular weight is 578 g/mol. The molecule has 3 aliphatic rings. The van der Waals surface area contributed by atoms with Crippen molar-refractivity contribution in [2.75, 3.05) is 59.5 Å². The molecule has 0 radical (unpaired) electrons. The van der Waals surface area contributed by atoms with Crippen LogP contribution in [0.3, 0.4) is 0 Å². The second kappa shape index (κ2) is 12.0. The highest BCUT2D eigenvalue weighted by Crippen LogP contribution is 2.22. The van der Waals surface area contributed by atoms with Gasteiger partial charge in [0.2, 0.25) is 10.0 Å². The molecule has 0 spiro atoms. The number of nitrogens with zero attached hydrogens (tertiary/aromatic N) is 4. The fraction of sp³-hybridized carbons (Fsp3) is 0.682. The smallest absolute Gasteiger partial charge is 0.243 e. The van der Waals surface area contributed by atoms with Crippen molar-refractivity contribution >= 4 is 40.0 Å². The Hall–Kier alpha value is -0.950. The molecular weight excluding hydrogens is 541 g/mol. The van der Waals surface area contributed by atoms with Crippen LogP contribution in [0, 0.1) is 0 Å². The number of ether oxygens (including phenoxy) is 1. The number of hydrogen-bond donors (Lipinski definition) is 1. The average Bonchev–Trinajstić information content (AvgIpc) is 3.31. The first-order valence-corrected chi connectivity index (χ1v) is 12.9. The van der Waals surface area contributed by atoms with E-state index >= 15 is 0 Å². The second-order valence-corrected chi connectivity index (χ2v) is 10.5. The van der Waals surface area contributed by atoms with Crippen LogP contribution >= 0.6 is 24.0 Å². The van der Waals surface area contributed by atoms with Crippen LogP contribution in [-0.2, 0) is 21.3 Å². The third kappa shape index (κ3) is 6.13. The maximum atomic E-state index is 13.0. The molecule has 4 rings (SSSR count). The summed E-state index contributed by atoms with van der Waals surface area (Å²) in [7, 11) is -1.61. The summed E-state index contributed by atoms with van der Waals surface area (Å²) >= 11 is 0. The van der Waals surface area contributed by atoms with Gasteiger partial charge < -0.3 is 15.0 Å². The number of likely N-dealkylation sites (tertiary alicyclic amines) is 1. The first-order chi connectivity index (χ1) is 15.1. The minimum Gasteiger partial charge on any atom is -0.379 e. The Morgan fingerprint density at radius 3 is 2.59 bits per heavy atom. The monoisotopic (exact) mass is 577 g/mol. The standard InChI is InChI=1S/C22H35N5O3S.HI/c1-23-22(26-11-8-20(18-26)25-12-14-30-15-13-25)24-17-19-6-5-7-21(16-19)31(28,29)27-9-3-2-4-10-27;/h5-7,16,20H,2-4,8-15,17-18H2,1H3,(H,23,24);1H. The van der Waals surface area contributed by atoms with Gasteiger partial charge in [-0.1, -0.05) is 18.6 Å². The van der Waals surface area contributed by atoms with Crippen molar-refractivity contribution in [1.29, 1.82) is 0 Å². The van der Waals surface area contributed by atoms with E-state index in [-0.39, 0.29) is 24.0 Å². The van der Waals surface area contributed by atoms with Gasteiger partial charge in [0.25, 0.3) is 0 Å². The number of aliphatic imine (C=N–C) groups is 1. The summed E-state index contributed by atoms with van der Waals surface area (Å²) in [5.41, 5.74) is 0.947. The molecule has 32 heavy (non-hydrogen) atoms. The van der Waals surface area contributed by atoms with Gasteiger partial charge in [0.05, 0.1) is 18.1 Å². The zero-order valence-electron chi connectivity index (χ0n) is 18.9.